The number of carbonyl (C=O) groups is 1. The smallest absolute Gasteiger partial charge is 0.262 e. The fraction of sp³-hybridized carbons (Fsp3) is 0.412. The van der Waals surface area contributed by atoms with Crippen molar-refractivity contribution in [3.8, 4) is 6.07 Å². The first kappa shape index (κ1) is 14.1. The van der Waals surface area contributed by atoms with Gasteiger partial charge in [0.25, 0.3) is 5.91 Å². The van der Waals surface area contributed by atoms with E-state index in [9.17, 15) is 10.1 Å². The summed E-state index contributed by atoms with van der Waals surface area (Å²) in [6.07, 6.45) is 3.50. The summed E-state index contributed by atoms with van der Waals surface area (Å²) in [4.78, 5) is 13.2. The van der Waals surface area contributed by atoms with Crippen LogP contribution in [0.15, 0.2) is 30.3 Å². The fourth-order valence-corrected chi connectivity index (χ4v) is 3.85. The zero-order chi connectivity index (χ0) is 14.9. The highest BCUT2D eigenvalue weighted by Crippen LogP contribution is 2.32. The maximum absolute atomic E-state index is 12.5. The minimum Gasteiger partial charge on any atom is -0.333 e. The van der Waals surface area contributed by atoms with E-state index in [0.29, 0.717) is 10.8 Å². The lowest BCUT2D eigenvalue weighted by Crippen LogP contribution is -2.49. The molecule has 3 nitrogen and oxygen atoms in total. The van der Waals surface area contributed by atoms with Gasteiger partial charge in [0.05, 0.1) is 10.9 Å². The van der Waals surface area contributed by atoms with Crippen LogP contribution in [0.1, 0.15) is 42.3 Å². The number of nitrogens with zero attached hydrogens (tertiary/aromatic N) is 1. The van der Waals surface area contributed by atoms with E-state index >= 15 is 0 Å². The van der Waals surface area contributed by atoms with E-state index in [1.165, 1.54) is 11.3 Å². The van der Waals surface area contributed by atoms with E-state index < -0.39 is 5.54 Å². The van der Waals surface area contributed by atoms with E-state index in [1.807, 2.05) is 30.3 Å². The minimum atomic E-state index is -0.681. The second kappa shape index (κ2) is 5.50. The van der Waals surface area contributed by atoms with Crippen LogP contribution >= 0.6 is 11.3 Å². The van der Waals surface area contributed by atoms with Crippen LogP contribution in [-0.4, -0.2) is 11.4 Å². The molecule has 0 bridgehead atoms. The van der Waals surface area contributed by atoms with E-state index in [4.69, 9.17) is 0 Å². The predicted molar refractivity (Wildman–Crippen MR) is 85.3 cm³/mol. The molecule has 0 radical (unpaired) electrons. The highest BCUT2D eigenvalue weighted by Gasteiger charge is 2.36. The van der Waals surface area contributed by atoms with Crippen molar-refractivity contribution in [3.05, 3.63) is 35.2 Å². The maximum atomic E-state index is 12.5. The van der Waals surface area contributed by atoms with Crippen LogP contribution in [0, 0.1) is 17.2 Å². The van der Waals surface area contributed by atoms with Crippen molar-refractivity contribution in [2.45, 2.75) is 38.1 Å². The summed E-state index contributed by atoms with van der Waals surface area (Å²) in [5.74, 6) is 0.528. The van der Waals surface area contributed by atoms with Gasteiger partial charge in [0.15, 0.2) is 0 Å². The van der Waals surface area contributed by atoms with Crippen molar-refractivity contribution in [1.82, 2.24) is 5.32 Å². The molecular formula is C17H18N2OS. The third kappa shape index (κ3) is 2.79. The van der Waals surface area contributed by atoms with Gasteiger partial charge in [0.2, 0.25) is 0 Å². The minimum absolute atomic E-state index is 0.118. The molecule has 1 fully saturated rings. The van der Waals surface area contributed by atoms with Crippen LogP contribution < -0.4 is 5.32 Å². The number of rotatable bonds is 2. The molecule has 1 saturated carbocycles. The lowest BCUT2D eigenvalue weighted by molar-refractivity contribution is 0.0898. The SMILES string of the molecule is CC1CCC(C#N)(NC(=O)c2cc3ccccc3s2)CC1. The molecule has 108 valence electrons. The molecular weight excluding hydrogens is 280 g/mol. The second-order valence-corrected chi connectivity index (χ2v) is 7.06. The quantitative estimate of drug-likeness (QED) is 0.907. The molecule has 0 aliphatic heterocycles. The van der Waals surface area contributed by atoms with Gasteiger partial charge in [-0.3, -0.25) is 4.79 Å². The largest absolute Gasteiger partial charge is 0.333 e. The molecule has 2 aromatic rings. The summed E-state index contributed by atoms with van der Waals surface area (Å²) in [7, 11) is 0. The molecule has 1 N–H and O–H groups in total. The Balaban J connectivity index is 1.80. The Morgan fingerprint density at radius 3 is 2.76 bits per heavy atom. The van der Waals surface area contributed by atoms with Crippen molar-refractivity contribution >= 4 is 27.3 Å². The van der Waals surface area contributed by atoms with Gasteiger partial charge in [-0.2, -0.15) is 5.26 Å². The molecule has 3 rings (SSSR count). The van der Waals surface area contributed by atoms with Gasteiger partial charge in [-0.05, 0) is 49.1 Å². The Bertz CT molecular complexity index is 672. The molecule has 0 unspecified atom stereocenters. The highest BCUT2D eigenvalue weighted by molar-refractivity contribution is 7.20. The van der Waals surface area contributed by atoms with Crippen molar-refractivity contribution in [2.75, 3.05) is 0 Å². The molecule has 1 amide bonds. The number of hydrogen-bond donors (Lipinski definition) is 1. The summed E-state index contributed by atoms with van der Waals surface area (Å²) < 4.78 is 1.10. The van der Waals surface area contributed by atoms with Crippen LogP contribution in [0.25, 0.3) is 10.1 Å². The first-order valence-electron chi connectivity index (χ1n) is 7.34. The molecule has 4 heteroatoms. The Morgan fingerprint density at radius 1 is 1.38 bits per heavy atom. The van der Waals surface area contributed by atoms with Crippen molar-refractivity contribution in [2.24, 2.45) is 5.92 Å². The van der Waals surface area contributed by atoms with Gasteiger partial charge in [-0.1, -0.05) is 25.1 Å². The number of benzene rings is 1. The molecule has 1 heterocycles. The molecule has 0 spiro atoms. The second-order valence-electron chi connectivity index (χ2n) is 5.98. The van der Waals surface area contributed by atoms with Crippen LogP contribution in [-0.2, 0) is 0 Å². The van der Waals surface area contributed by atoms with E-state index in [1.54, 1.807) is 0 Å². The number of amides is 1. The molecule has 21 heavy (non-hydrogen) atoms. The molecule has 1 aliphatic carbocycles. The van der Waals surface area contributed by atoms with E-state index in [-0.39, 0.29) is 5.91 Å². The van der Waals surface area contributed by atoms with Crippen molar-refractivity contribution in [3.63, 3.8) is 0 Å². The molecule has 1 aliphatic rings. The monoisotopic (exact) mass is 298 g/mol. The lowest BCUT2D eigenvalue weighted by atomic mass is 9.78. The molecule has 1 aromatic heterocycles. The summed E-state index contributed by atoms with van der Waals surface area (Å²) >= 11 is 1.48. The van der Waals surface area contributed by atoms with Gasteiger partial charge < -0.3 is 5.32 Å². The highest BCUT2D eigenvalue weighted by atomic mass is 32.1. The van der Waals surface area contributed by atoms with Gasteiger partial charge in [-0.15, -0.1) is 11.3 Å². The zero-order valence-electron chi connectivity index (χ0n) is 12.1. The van der Waals surface area contributed by atoms with Gasteiger partial charge in [0.1, 0.15) is 5.54 Å². The zero-order valence-corrected chi connectivity index (χ0v) is 12.9. The summed E-state index contributed by atoms with van der Waals surface area (Å²) in [6, 6.07) is 12.2. The number of nitrogens with one attached hydrogen (secondary N) is 1. The summed E-state index contributed by atoms with van der Waals surface area (Å²) in [5.41, 5.74) is -0.681. The van der Waals surface area contributed by atoms with Crippen LogP contribution in [0.2, 0.25) is 0 Å². The van der Waals surface area contributed by atoms with E-state index in [2.05, 4.69) is 18.3 Å². The topological polar surface area (TPSA) is 52.9 Å². The average molecular weight is 298 g/mol. The Kier molecular flexibility index (Phi) is 3.69. The van der Waals surface area contributed by atoms with Crippen LogP contribution in [0.4, 0.5) is 0 Å². The predicted octanol–water partition coefficient (Wildman–Crippen LogP) is 4.10. The lowest BCUT2D eigenvalue weighted by Gasteiger charge is -2.34. The first-order valence-corrected chi connectivity index (χ1v) is 8.16. The molecule has 0 atom stereocenters. The van der Waals surface area contributed by atoms with Crippen LogP contribution in [0.5, 0.6) is 0 Å². The standard InChI is InChI=1S/C17H18N2OS/c1-12-6-8-17(11-18,9-7-12)19-16(20)15-10-13-4-2-3-5-14(13)21-15/h2-5,10,12H,6-9H2,1H3,(H,19,20). The Morgan fingerprint density at radius 2 is 2.10 bits per heavy atom. The van der Waals surface area contributed by atoms with Crippen molar-refractivity contribution < 1.29 is 4.79 Å². The summed E-state index contributed by atoms with van der Waals surface area (Å²) in [6.45, 7) is 2.20. The van der Waals surface area contributed by atoms with Gasteiger partial charge in [-0.25, -0.2) is 0 Å². The normalized spacial score (nSPS) is 25.4. The maximum Gasteiger partial charge on any atom is 0.262 e. The van der Waals surface area contributed by atoms with E-state index in [0.717, 1.165) is 35.8 Å². The van der Waals surface area contributed by atoms with Gasteiger partial charge >= 0.3 is 0 Å². The van der Waals surface area contributed by atoms with Crippen LogP contribution in [0.3, 0.4) is 0 Å². The average Bonchev–Trinajstić information content (AvgIpc) is 2.94. The number of fused-ring (bicyclic) bond motifs is 1. The first-order chi connectivity index (χ1) is 10.1. The summed E-state index contributed by atoms with van der Waals surface area (Å²) in [5, 5.41) is 13.6. The number of hydrogen-bond acceptors (Lipinski definition) is 3. The number of carbonyl (C=O) groups excluding carboxylic acids is 1. The van der Waals surface area contributed by atoms with Gasteiger partial charge in [0, 0.05) is 4.70 Å². The number of thiophene rings is 1. The third-order valence-electron chi connectivity index (χ3n) is 4.34. The molecule has 1 aromatic carbocycles. The molecule has 0 saturated heterocycles. The van der Waals surface area contributed by atoms with Crippen molar-refractivity contribution in [1.29, 1.82) is 5.26 Å². The Hall–Kier alpha value is -1.86. The third-order valence-corrected chi connectivity index (χ3v) is 5.46. The number of nitriles is 1. The Labute approximate surface area is 128 Å². The fourth-order valence-electron chi connectivity index (χ4n) is 2.89.